The third kappa shape index (κ3) is 1.96. The fraction of sp³-hybridized carbons (Fsp3) is 0.545. The van der Waals surface area contributed by atoms with Crippen molar-refractivity contribution in [2.75, 3.05) is 12.3 Å². The zero-order chi connectivity index (χ0) is 13.6. The molecule has 3 rings (SSSR count). The van der Waals surface area contributed by atoms with Crippen molar-refractivity contribution < 1.29 is 9.84 Å². The first-order valence-electron chi connectivity index (χ1n) is 6.02. The van der Waals surface area contributed by atoms with E-state index in [0.29, 0.717) is 29.2 Å². The Morgan fingerprint density at radius 3 is 3.11 bits per heavy atom. The highest BCUT2D eigenvalue weighted by atomic mass is 32.1. The highest BCUT2D eigenvalue weighted by Gasteiger charge is 2.40. The highest BCUT2D eigenvalue weighted by Crippen LogP contribution is 2.39. The van der Waals surface area contributed by atoms with Crippen LogP contribution in [0.2, 0.25) is 0 Å². The van der Waals surface area contributed by atoms with Crippen LogP contribution in [0.4, 0.5) is 5.82 Å². The molecule has 1 aliphatic heterocycles. The van der Waals surface area contributed by atoms with Crippen molar-refractivity contribution in [3.63, 3.8) is 0 Å². The second kappa shape index (κ2) is 4.32. The van der Waals surface area contributed by atoms with E-state index in [9.17, 15) is 0 Å². The first kappa shape index (κ1) is 12.6. The largest absolute Gasteiger partial charge is 0.394 e. The number of hydrogen-bond donors (Lipinski definition) is 3. The smallest absolute Gasteiger partial charge is 0.193 e. The number of imidazole rings is 1. The van der Waals surface area contributed by atoms with Gasteiger partial charge in [-0.25, -0.2) is 15.0 Å². The van der Waals surface area contributed by atoms with E-state index in [-0.39, 0.29) is 12.7 Å². The zero-order valence-corrected chi connectivity index (χ0v) is 11.3. The predicted molar refractivity (Wildman–Crippen MR) is 72.6 cm³/mol. The Hall–Kier alpha value is -1.38. The van der Waals surface area contributed by atoms with Crippen LogP contribution in [0.1, 0.15) is 18.7 Å². The van der Waals surface area contributed by atoms with Gasteiger partial charge in [-0.3, -0.25) is 4.57 Å². The molecule has 0 radical (unpaired) electrons. The van der Waals surface area contributed by atoms with Gasteiger partial charge < -0.3 is 15.6 Å². The summed E-state index contributed by atoms with van der Waals surface area (Å²) in [4.78, 5) is 12.7. The van der Waals surface area contributed by atoms with Crippen molar-refractivity contribution in [3.05, 3.63) is 12.2 Å². The van der Waals surface area contributed by atoms with Gasteiger partial charge in [0.05, 0.1) is 12.7 Å². The molecule has 0 saturated carbocycles. The monoisotopic (exact) mass is 281 g/mol. The average molecular weight is 281 g/mol. The van der Waals surface area contributed by atoms with E-state index >= 15 is 0 Å². The Labute approximate surface area is 115 Å². The van der Waals surface area contributed by atoms with Crippen LogP contribution < -0.4 is 5.73 Å². The summed E-state index contributed by atoms with van der Waals surface area (Å²) in [6, 6.07) is 0. The zero-order valence-electron chi connectivity index (χ0n) is 10.4. The quantitative estimate of drug-likeness (QED) is 0.690. The van der Waals surface area contributed by atoms with E-state index < -0.39 is 5.06 Å². The molecule has 0 spiro atoms. The lowest BCUT2D eigenvalue weighted by Gasteiger charge is -2.25. The van der Waals surface area contributed by atoms with Gasteiger partial charge in [0.25, 0.3) is 0 Å². The summed E-state index contributed by atoms with van der Waals surface area (Å²) < 4.78 is 7.51. The summed E-state index contributed by atoms with van der Waals surface area (Å²) in [7, 11) is 0. The fourth-order valence-corrected chi connectivity index (χ4v) is 2.75. The Morgan fingerprint density at radius 1 is 1.63 bits per heavy atom. The van der Waals surface area contributed by atoms with E-state index in [4.69, 9.17) is 15.6 Å². The first-order chi connectivity index (χ1) is 9.03. The molecule has 0 amide bonds. The van der Waals surface area contributed by atoms with Crippen LogP contribution in [0.15, 0.2) is 6.33 Å². The van der Waals surface area contributed by atoms with Gasteiger partial charge in [-0.05, 0) is 13.3 Å². The second-order valence-electron chi connectivity index (χ2n) is 4.65. The number of aromatic nitrogens is 4. The van der Waals surface area contributed by atoms with Gasteiger partial charge in [0, 0.05) is 6.42 Å². The maximum Gasteiger partial charge on any atom is 0.193 e. The molecule has 19 heavy (non-hydrogen) atoms. The van der Waals surface area contributed by atoms with Crippen molar-refractivity contribution in [1.82, 2.24) is 19.5 Å². The maximum atomic E-state index is 9.17. The molecule has 0 aromatic carbocycles. The van der Waals surface area contributed by atoms with Gasteiger partial charge in [0.2, 0.25) is 0 Å². The number of nitrogens with two attached hydrogens (primary N) is 1. The molecule has 1 aliphatic rings. The van der Waals surface area contributed by atoms with Crippen molar-refractivity contribution in [3.8, 4) is 0 Å². The number of nitrogen functional groups attached to an aromatic ring is 1. The lowest BCUT2D eigenvalue weighted by molar-refractivity contribution is -0.0436. The standard InChI is InChI=1S/C11H15N5O2S/c1-6-14-9(12)8-10(15-6)16(5-13-8)11(19)3-2-7(4-17)18-11/h5,7,17,19H,2-4H2,1H3,(H2,12,14,15)/t7-,11-/m0/s1. The summed E-state index contributed by atoms with van der Waals surface area (Å²) in [5.41, 5.74) is 6.97. The summed E-state index contributed by atoms with van der Waals surface area (Å²) in [6.45, 7) is 1.75. The SMILES string of the molecule is Cc1nc(N)c2ncn([C@@]3(S)CC[C@@H](CO)O3)c2n1. The molecular weight excluding hydrogens is 266 g/mol. The van der Waals surface area contributed by atoms with Gasteiger partial charge in [-0.15, -0.1) is 12.6 Å². The fourth-order valence-electron chi connectivity index (χ4n) is 2.33. The van der Waals surface area contributed by atoms with E-state index in [1.54, 1.807) is 17.8 Å². The van der Waals surface area contributed by atoms with Gasteiger partial charge in [0.1, 0.15) is 17.7 Å². The third-order valence-electron chi connectivity index (χ3n) is 3.26. The van der Waals surface area contributed by atoms with E-state index in [1.807, 2.05) is 0 Å². The molecule has 1 fully saturated rings. The molecular formula is C11H15N5O2S. The molecule has 102 valence electrons. The van der Waals surface area contributed by atoms with Crippen molar-refractivity contribution >= 4 is 29.6 Å². The van der Waals surface area contributed by atoms with Crippen LogP contribution in [0.5, 0.6) is 0 Å². The second-order valence-corrected chi connectivity index (χ2v) is 5.35. The lowest BCUT2D eigenvalue weighted by Crippen LogP contribution is -2.28. The molecule has 0 unspecified atom stereocenters. The number of nitrogens with zero attached hydrogens (tertiary/aromatic N) is 4. The molecule has 2 atom stereocenters. The molecule has 2 aromatic rings. The van der Waals surface area contributed by atoms with Crippen LogP contribution >= 0.6 is 12.6 Å². The molecule has 7 nitrogen and oxygen atoms in total. The minimum absolute atomic E-state index is 0.0227. The summed E-state index contributed by atoms with van der Waals surface area (Å²) >= 11 is 4.58. The van der Waals surface area contributed by atoms with Gasteiger partial charge in [0.15, 0.2) is 16.5 Å². The summed E-state index contributed by atoms with van der Waals surface area (Å²) in [5.74, 6) is 0.912. The highest BCUT2D eigenvalue weighted by molar-refractivity contribution is 7.80. The molecule has 0 aliphatic carbocycles. The Bertz CT molecular complexity index is 631. The number of hydrogen-bond acceptors (Lipinski definition) is 7. The van der Waals surface area contributed by atoms with Crippen LogP contribution in [0.3, 0.4) is 0 Å². The van der Waals surface area contributed by atoms with Gasteiger partial charge in [-0.1, -0.05) is 0 Å². The van der Waals surface area contributed by atoms with Crippen LogP contribution in [-0.4, -0.2) is 37.3 Å². The van der Waals surface area contributed by atoms with Crippen LogP contribution in [0, 0.1) is 6.92 Å². The normalized spacial score (nSPS) is 27.2. The number of thiol groups is 1. The molecule has 3 heterocycles. The molecule has 2 aromatic heterocycles. The Balaban J connectivity index is 2.11. The molecule has 0 bridgehead atoms. The summed E-state index contributed by atoms with van der Waals surface area (Å²) in [5, 5.41) is 8.32. The minimum Gasteiger partial charge on any atom is -0.394 e. The number of ether oxygens (including phenoxy) is 1. The topological polar surface area (TPSA) is 99.1 Å². The average Bonchev–Trinajstić information content (AvgIpc) is 2.93. The number of anilines is 1. The molecule has 8 heteroatoms. The number of aryl methyl sites for hydroxylation is 1. The predicted octanol–water partition coefficient (Wildman–Crippen LogP) is 0.428. The molecule has 3 N–H and O–H groups in total. The lowest BCUT2D eigenvalue weighted by atomic mass is 10.2. The minimum atomic E-state index is -0.852. The van der Waals surface area contributed by atoms with E-state index in [0.717, 1.165) is 6.42 Å². The number of fused-ring (bicyclic) bond motifs is 1. The van der Waals surface area contributed by atoms with Crippen molar-refractivity contribution in [2.45, 2.75) is 30.9 Å². The number of rotatable bonds is 2. The first-order valence-corrected chi connectivity index (χ1v) is 6.47. The third-order valence-corrected chi connectivity index (χ3v) is 3.81. The number of aliphatic hydroxyl groups is 1. The van der Waals surface area contributed by atoms with E-state index in [1.165, 1.54) is 0 Å². The molecule has 1 saturated heterocycles. The van der Waals surface area contributed by atoms with Crippen molar-refractivity contribution in [1.29, 1.82) is 0 Å². The van der Waals surface area contributed by atoms with Crippen LogP contribution in [-0.2, 0) is 9.79 Å². The van der Waals surface area contributed by atoms with Crippen molar-refractivity contribution in [2.24, 2.45) is 0 Å². The van der Waals surface area contributed by atoms with Gasteiger partial charge in [-0.2, -0.15) is 0 Å². The van der Waals surface area contributed by atoms with Gasteiger partial charge >= 0.3 is 0 Å². The number of aliphatic hydroxyl groups excluding tert-OH is 1. The Morgan fingerprint density at radius 2 is 2.42 bits per heavy atom. The Kier molecular flexibility index (Phi) is 2.88. The summed E-state index contributed by atoms with van der Waals surface area (Å²) in [6.07, 6.45) is 2.78. The maximum absolute atomic E-state index is 9.17. The van der Waals surface area contributed by atoms with Crippen LogP contribution in [0.25, 0.3) is 11.2 Å². The van der Waals surface area contributed by atoms with E-state index in [2.05, 4.69) is 27.6 Å².